The monoisotopic (exact) mass is 451 g/mol. The summed E-state index contributed by atoms with van der Waals surface area (Å²) < 4.78 is 40.0. The van der Waals surface area contributed by atoms with Crippen LogP contribution < -0.4 is 5.32 Å². The van der Waals surface area contributed by atoms with E-state index >= 15 is 0 Å². The maximum Gasteiger partial charge on any atom is 0.433 e. The summed E-state index contributed by atoms with van der Waals surface area (Å²) in [5.41, 5.74) is 0.967. The highest BCUT2D eigenvalue weighted by Crippen LogP contribution is 2.33. The molecular formula is C21H17ClF3N3OS. The van der Waals surface area contributed by atoms with Crippen molar-refractivity contribution >= 4 is 35.0 Å². The number of carbonyl (C=O) groups excluding carboxylic acids is 1. The first-order valence-corrected chi connectivity index (χ1v) is 10.1. The first-order valence-electron chi connectivity index (χ1n) is 8.89. The van der Waals surface area contributed by atoms with Gasteiger partial charge in [-0.3, -0.25) is 4.79 Å². The van der Waals surface area contributed by atoms with Crippen LogP contribution in [-0.2, 0) is 11.0 Å². The van der Waals surface area contributed by atoms with E-state index in [4.69, 9.17) is 11.6 Å². The molecular weight excluding hydrogens is 435 g/mol. The number of rotatable bonds is 5. The molecule has 9 heteroatoms. The highest BCUT2D eigenvalue weighted by molar-refractivity contribution is 8.00. The van der Waals surface area contributed by atoms with Gasteiger partial charge in [-0.1, -0.05) is 59.8 Å². The Morgan fingerprint density at radius 3 is 2.43 bits per heavy atom. The topological polar surface area (TPSA) is 54.9 Å². The SMILES string of the molecule is Cc1ccc(NC(=O)[C@H](C)Sc2nc(-c3ccccc3)cc(C(F)(F)F)n2)cc1Cl. The van der Waals surface area contributed by atoms with Crippen molar-refractivity contribution in [2.75, 3.05) is 5.32 Å². The van der Waals surface area contributed by atoms with Gasteiger partial charge in [0.25, 0.3) is 0 Å². The lowest BCUT2D eigenvalue weighted by atomic mass is 10.1. The Morgan fingerprint density at radius 2 is 1.80 bits per heavy atom. The first-order chi connectivity index (χ1) is 14.1. The fraction of sp³-hybridized carbons (Fsp3) is 0.190. The summed E-state index contributed by atoms with van der Waals surface area (Å²) in [7, 11) is 0. The van der Waals surface area contributed by atoms with Gasteiger partial charge < -0.3 is 5.32 Å². The van der Waals surface area contributed by atoms with Gasteiger partial charge in [0.2, 0.25) is 5.91 Å². The van der Waals surface area contributed by atoms with E-state index in [9.17, 15) is 18.0 Å². The second-order valence-corrected chi connectivity index (χ2v) is 8.21. The minimum absolute atomic E-state index is 0.131. The molecule has 1 aromatic heterocycles. The van der Waals surface area contributed by atoms with E-state index in [1.165, 1.54) is 0 Å². The molecule has 30 heavy (non-hydrogen) atoms. The zero-order chi connectivity index (χ0) is 21.9. The van der Waals surface area contributed by atoms with Gasteiger partial charge >= 0.3 is 6.18 Å². The molecule has 0 fully saturated rings. The lowest BCUT2D eigenvalue weighted by Crippen LogP contribution is -2.23. The van der Waals surface area contributed by atoms with Crippen LogP contribution in [0.5, 0.6) is 0 Å². The summed E-state index contributed by atoms with van der Waals surface area (Å²) in [6.45, 7) is 3.41. The molecule has 0 saturated heterocycles. The van der Waals surface area contributed by atoms with Crippen molar-refractivity contribution in [1.29, 1.82) is 0 Å². The van der Waals surface area contributed by atoms with Crippen LogP contribution in [0.1, 0.15) is 18.2 Å². The highest BCUT2D eigenvalue weighted by atomic mass is 35.5. The van der Waals surface area contributed by atoms with Crippen LogP contribution in [0, 0.1) is 6.92 Å². The summed E-state index contributed by atoms with van der Waals surface area (Å²) in [6.07, 6.45) is -4.63. The predicted molar refractivity (Wildman–Crippen MR) is 113 cm³/mol. The Morgan fingerprint density at radius 1 is 1.10 bits per heavy atom. The smallest absolute Gasteiger partial charge is 0.325 e. The molecule has 156 valence electrons. The van der Waals surface area contributed by atoms with Gasteiger partial charge in [-0.2, -0.15) is 13.2 Å². The van der Waals surface area contributed by atoms with Gasteiger partial charge in [-0.05, 0) is 37.6 Å². The predicted octanol–water partition coefficient (Wildman–Crippen LogP) is 6.24. The van der Waals surface area contributed by atoms with E-state index in [0.717, 1.165) is 23.4 Å². The average Bonchev–Trinajstić information content (AvgIpc) is 2.70. The van der Waals surface area contributed by atoms with Crippen LogP contribution in [0.3, 0.4) is 0 Å². The maximum absolute atomic E-state index is 13.3. The number of hydrogen-bond acceptors (Lipinski definition) is 4. The third kappa shape index (κ3) is 5.52. The quantitative estimate of drug-likeness (QED) is 0.368. The Bertz CT molecular complexity index is 1060. The second kappa shape index (κ2) is 9.06. The Kier molecular flexibility index (Phi) is 6.67. The molecule has 0 saturated carbocycles. The lowest BCUT2D eigenvalue weighted by Gasteiger charge is -2.14. The number of aromatic nitrogens is 2. The fourth-order valence-corrected chi connectivity index (χ4v) is 3.47. The van der Waals surface area contributed by atoms with E-state index in [0.29, 0.717) is 16.3 Å². The Balaban J connectivity index is 1.83. The molecule has 0 unspecified atom stereocenters. The molecule has 0 bridgehead atoms. The molecule has 4 nitrogen and oxygen atoms in total. The zero-order valence-electron chi connectivity index (χ0n) is 16.0. The van der Waals surface area contributed by atoms with Crippen LogP contribution in [0.2, 0.25) is 5.02 Å². The minimum Gasteiger partial charge on any atom is -0.325 e. The molecule has 2 aromatic carbocycles. The molecule has 0 aliphatic carbocycles. The van der Waals surface area contributed by atoms with Gasteiger partial charge in [-0.15, -0.1) is 0 Å². The number of amides is 1. The first kappa shape index (κ1) is 22.1. The summed E-state index contributed by atoms with van der Waals surface area (Å²) in [5, 5.41) is 2.33. The average molecular weight is 452 g/mol. The Hall–Kier alpha value is -2.58. The van der Waals surface area contributed by atoms with Gasteiger partial charge in [0.05, 0.1) is 10.9 Å². The summed E-state index contributed by atoms with van der Waals surface area (Å²) in [5.74, 6) is -0.401. The van der Waals surface area contributed by atoms with Crippen LogP contribution in [-0.4, -0.2) is 21.1 Å². The van der Waals surface area contributed by atoms with E-state index in [1.807, 2.05) is 6.92 Å². The molecule has 0 spiro atoms. The Labute approximate surface area is 180 Å². The molecule has 1 heterocycles. The molecule has 1 atom stereocenters. The number of aryl methyl sites for hydroxylation is 1. The van der Waals surface area contributed by atoms with Crippen LogP contribution in [0.4, 0.5) is 18.9 Å². The second-order valence-electron chi connectivity index (χ2n) is 6.50. The molecule has 0 radical (unpaired) electrons. The minimum atomic E-state index is -4.63. The van der Waals surface area contributed by atoms with E-state index in [2.05, 4.69) is 15.3 Å². The van der Waals surface area contributed by atoms with E-state index in [1.54, 1.807) is 55.5 Å². The molecule has 0 aliphatic rings. The largest absolute Gasteiger partial charge is 0.433 e. The van der Waals surface area contributed by atoms with Crippen molar-refractivity contribution in [3.63, 3.8) is 0 Å². The van der Waals surface area contributed by atoms with Gasteiger partial charge in [0.15, 0.2) is 5.16 Å². The molecule has 3 rings (SSSR count). The zero-order valence-corrected chi connectivity index (χ0v) is 17.6. The third-order valence-corrected chi connectivity index (χ3v) is 5.52. The number of alkyl halides is 3. The number of anilines is 1. The third-order valence-electron chi connectivity index (χ3n) is 4.16. The van der Waals surface area contributed by atoms with E-state index in [-0.39, 0.29) is 10.9 Å². The number of thioether (sulfide) groups is 1. The molecule has 1 N–H and O–H groups in total. The number of hydrogen-bond donors (Lipinski definition) is 1. The van der Waals surface area contributed by atoms with Crippen molar-refractivity contribution in [2.24, 2.45) is 0 Å². The number of carbonyl (C=O) groups is 1. The maximum atomic E-state index is 13.3. The normalized spacial score (nSPS) is 12.5. The number of nitrogens with one attached hydrogen (secondary N) is 1. The highest BCUT2D eigenvalue weighted by Gasteiger charge is 2.34. The molecule has 3 aromatic rings. The number of nitrogens with zero attached hydrogens (tertiary/aromatic N) is 2. The van der Waals surface area contributed by atoms with Crippen LogP contribution in [0.15, 0.2) is 59.8 Å². The van der Waals surface area contributed by atoms with Crippen molar-refractivity contribution in [2.45, 2.75) is 30.4 Å². The summed E-state index contributed by atoms with van der Waals surface area (Å²) in [6, 6.07) is 14.5. The fourth-order valence-electron chi connectivity index (χ4n) is 2.51. The van der Waals surface area contributed by atoms with Gasteiger partial charge in [0, 0.05) is 16.3 Å². The standard InChI is InChI=1S/C21H17ClF3N3OS/c1-12-8-9-15(10-16(12)22)26-19(29)13(2)30-20-27-17(14-6-4-3-5-7-14)11-18(28-20)21(23,24)25/h3-11,13H,1-2H3,(H,26,29)/t13-/m0/s1. The van der Waals surface area contributed by atoms with Crippen molar-refractivity contribution in [3.8, 4) is 11.3 Å². The number of halogens is 4. The van der Waals surface area contributed by atoms with Crippen molar-refractivity contribution < 1.29 is 18.0 Å². The molecule has 0 aliphatic heterocycles. The number of benzene rings is 2. The van der Waals surface area contributed by atoms with E-state index < -0.39 is 23.0 Å². The van der Waals surface area contributed by atoms with Gasteiger partial charge in [0.1, 0.15) is 5.69 Å². The summed E-state index contributed by atoms with van der Waals surface area (Å²) in [4.78, 5) is 20.3. The van der Waals surface area contributed by atoms with Crippen molar-refractivity contribution in [3.05, 3.63) is 70.9 Å². The van der Waals surface area contributed by atoms with Crippen LogP contribution in [0.25, 0.3) is 11.3 Å². The van der Waals surface area contributed by atoms with Crippen LogP contribution >= 0.6 is 23.4 Å². The van der Waals surface area contributed by atoms with Crippen molar-refractivity contribution in [1.82, 2.24) is 9.97 Å². The lowest BCUT2D eigenvalue weighted by molar-refractivity contribution is -0.141. The van der Waals surface area contributed by atoms with Gasteiger partial charge in [-0.25, -0.2) is 9.97 Å². The summed E-state index contributed by atoms with van der Waals surface area (Å²) >= 11 is 6.91. The molecule has 1 amide bonds.